The van der Waals surface area contributed by atoms with Gasteiger partial charge in [0.05, 0.1) is 4.90 Å². The third-order valence-corrected chi connectivity index (χ3v) is 5.04. The Morgan fingerprint density at radius 1 is 1.19 bits per heavy atom. The number of nitrogens with two attached hydrogens (primary N) is 1. The van der Waals surface area contributed by atoms with E-state index in [0.717, 1.165) is 0 Å². The third-order valence-electron chi connectivity index (χ3n) is 4.13. The van der Waals surface area contributed by atoms with Crippen molar-refractivity contribution in [3.63, 3.8) is 0 Å². The van der Waals surface area contributed by atoms with E-state index in [4.69, 9.17) is 14.6 Å². The van der Waals surface area contributed by atoms with Crippen LogP contribution in [0.15, 0.2) is 46.3 Å². The number of nitrogens with one attached hydrogen (secondary N) is 2. The molecule has 0 atom stereocenters. The smallest absolute Gasteiger partial charge is 0.387 e. The lowest BCUT2D eigenvalue weighted by Crippen LogP contribution is -2.36. The van der Waals surface area contributed by atoms with E-state index in [0.29, 0.717) is 28.6 Å². The summed E-state index contributed by atoms with van der Waals surface area (Å²) < 4.78 is 63.4. The van der Waals surface area contributed by atoms with Crippen molar-refractivity contribution in [1.29, 1.82) is 0 Å². The number of benzene rings is 2. The van der Waals surface area contributed by atoms with Gasteiger partial charge in [-0.15, -0.1) is 24.0 Å². The van der Waals surface area contributed by atoms with E-state index >= 15 is 0 Å². The van der Waals surface area contributed by atoms with Gasteiger partial charge in [0.25, 0.3) is 0 Å². The molecule has 0 amide bonds. The molecule has 0 saturated heterocycles. The number of nitrogens with zero attached hydrogens (tertiary/aromatic N) is 1. The van der Waals surface area contributed by atoms with Crippen LogP contribution in [0.3, 0.4) is 0 Å². The van der Waals surface area contributed by atoms with E-state index in [1.807, 2.05) is 0 Å². The Bertz CT molecular complexity index is 1050. The lowest BCUT2D eigenvalue weighted by molar-refractivity contribution is -0.0505. The number of ether oxygens (including phenoxy) is 3. The number of hydrogen-bond donors (Lipinski definition) is 3. The second kappa shape index (κ2) is 10.8. The van der Waals surface area contributed by atoms with E-state index in [2.05, 4.69) is 20.4 Å². The highest BCUT2D eigenvalue weighted by Gasteiger charge is 2.20. The minimum Gasteiger partial charge on any atom is -0.454 e. The van der Waals surface area contributed by atoms with Gasteiger partial charge in [-0.3, -0.25) is 4.99 Å². The molecule has 0 fully saturated rings. The molecule has 1 heterocycles. The summed E-state index contributed by atoms with van der Waals surface area (Å²) in [6, 6.07) is 9.05. The molecular formula is C18H21F2IN4O5S. The van der Waals surface area contributed by atoms with Crippen LogP contribution in [0.2, 0.25) is 0 Å². The number of halogens is 3. The maximum Gasteiger partial charge on any atom is 0.387 e. The van der Waals surface area contributed by atoms with Crippen LogP contribution in [0.25, 0.3) is 0 Å². The van der Waals surface area contributed by atoms with Gasteiger partial charge in [0.15, 0.2) is 17.5 Å². The molecule has 0 aromatic heterocycles. The summed E-state index contributed by atoms with van der Waals surface area (Å²) >= 11 is 0. The maximum atomic E-state index is 12.7. The van der Waals surface area contributed by atoms with Gasteiger partial charge in [-0.05, 0) is 23.8 Å². The molecule has 1 aliphatic rings. The predicted octanol–water partition coefficient (Wildman–Crippen LogP) is 2.15. The van der Waals surface area contributed by atoms with Crippen molar-refractivity contribution in [3.05, 3.63) is 47.5 Å². The molecule has 0 bridgehead atoms. The molecular weight excluding hydrogens is 549 g/mol. The Morgan fingerprint density at radius 3 is 2.52 bits per heavy atom. The number of aliphatic imine (C=N–C) groups is 1. The van der Waals surface area contributed by atoms with Crippen LogP contribution in [-0.2, 0) is 23.1 Å². The van der Waals surface area contributed by atoms with Crippen LogP contribution in [0.4, 0.5) is 8.78 Å². The molecule has 0 unspecified atom stereocenters. The van der Waals surface area contributed by atoms with Gasteiger partial charge in [0.1, 0.15) is 5.75 Å². The molecule has 9 nitrogen and oxygen atoms in total. The van der Waals surface area contributed by atoms with Crippen molar-refractivity contribution in [2.75, 3.05) is 13.8 Å². The zero-order valence-electron chi connectivity index (χ0n) is 16.3. The van der Waals surface area contributed by atoms with Crippen LogP contribution in [0.1, 0.15) is 11.1 Å². The van der Waals surface area contributed by atoms with Crippen molar-refractivity contribution < 1.29 is 31.4 Å². The Hall–Kier alpha value is -2.39. The van der Waals surface area contributed by atoms with E-state index in [9.17, 15) is 17.2 Å². The fourth-order valence-corrected chi connectivity index (χ4v) is 3.31. The first-order valence-electron chi connectivity index (χ1n) is 8.70. The van der Waals surface area contributed by atoms with Crippen molar-refractivity contribution in [2.24, 2.45) is 10.1 Å². The van der Waals surface area contributed by atoms with Gasteiger partial charge in [0.2, 0.25) is 16.8 Å². The number of rotatable bonds is 7. The second-order valence-electron chi connectivity index (χ2n) is 6.16. The summed E-state index contributed by atoms with van der Waals surface area (Å²) in [6.45, 7) is -2.63. The van der Waals surface area contributed by atoms with Crippen molar-refractivity contribution in [1.82, 2.24) is 10.6 Å². The van der Waals surface area contributed by atoms with E-state index in [-0.39, 0.29) is 54.5 Å². The summed E-state index contributed by atoms with van der Waals surface area (Å²) in [6.07, 6.45) is 0. The highest BCUT2D eigenvalue weighted by Crippen LogP contribution is 2.38. The molecule has 0 spiro atoms. The molecule has 4 N–H and O–H groups in total. The number of guanidine groups is 1. The SMILES string of the molecule is CN=C(NCc1cccc(S(N)(=O)=O)c1)NCc1cc2c(cc1OC(F)F)OCO2.I. The highest BCUT2D eigenvalue weighted by molar-refractivity contribution is 14.0. The number of sulfonamides is 1. The molecule has 13 heteroatoms. The van der Waals surface area contributed by atoms with Gasteiger partial charge in [-0.1, -0.05) is 12.1 Å². The number of hydrogen-bond acceptors (Lipinski definition) is 6. The summed E-state index contributed by atoms with van der Waals surface area (Å²) in [5.41, 5.74) is 1.08. The molecule has 3 rings (SSSR count). The number of fused-ring (bicyclic) bond motifs is 1. The zero-order valence-corrected chi connectivity index (χ0v) is 19.4. The van der Waals surface area contributed by atoms with Gasteiger partial charge >= 0.3 is 6.61 Å². The first kappa shape index (κ1) is 24.9. The van der Waals surface area contributed by atoms with Crippen LogP contribution in [0.5, 0.6) is 17.2 Å². The fourth-order valence-electron chi connectivity index (χ4n) is 2.73. The molecule has 31 heavy (non-hydrogen) atoms. The van der Waals surface area contributed by atoms with Gasteiger partial charge in [0, 0.05) is 31.8 Å². The van der Waals surface area contributed by atoms with Crippen LogP contribution < -0.4 is 30.0 Å². The fraction of sp³-hybridized carbons (Fsp3) is 0.278. The predicted molar refractivity (Wildman–Crippen MR) is 119 cm³/mol. The average Bonchev–Trinajstić information content (AvgIpc) is 3.14. The lowest BCUT2D eigenvalue weighted by atomic mass is 10.1. The Morgan fingerprint density at radius 2 is 1.87 bits per heavy atom. The Balaban J connectivity index is 0.00000341. The molecule has 0 aliphatic carbocycles. The minimum atomic E-state index is -3.81. The maximum absolute atomic E-state index is 12.7. The van der Waals surface area contributed by atoms with Crippen LogP contribution in [0, 0.1) is 0 Å². The molecule has 1 aliphatic heterocycles. The first-order valence-corrected chi connectivity index (χ1v) is 10.2. The van der Waals surface area contributed by atoms with Crippen LogP contribution in [-0.4, -0.2) is 34.8 Å². The number of alkyl halides is 2. The summed E-state index contributed by atoms with van der Waals surface area (Å²) in [5.74, 6) is 1.07. The molecule has 2 aromatic carbocycles. The topological polar surface area (TPSA) is 124 Å². The first-order chi connectivity index (χ1) is 14.3. The Kier molecular flexibility index (Phi) is 8.64. The monoisotopic (exact) mass is 570 g/mol. The molecule has 0 radical (unpaired) electrons. The van der Waals surface area contributed by atoms with Crippen LogP contribution >= 0.6 is 24.0 Å². The normalized spacial score (nSPS) is 13.0. The molecule has 170 valence electrons. The summed E-state index contributed by atoms with van der Waals surface area (Å²) in [7, 11) is -2.27. The standard InChI is InChI=1S/C18H20F2N4O5S.HI/c1-22-18(23-8-11-3-2-4-13(5-11)30(21,25)26)24-9-12-6-15-16(28-10-27-15)7-14(12)29-17(19)20;/h2-7,17H,8-10H2,1H3,(H2,21,25,26)(H2,22,23,24);1H. The highest BCUT2D eigenvalue weighted by atomic mass is 127. The number of primary sulfonamides is 1. The largest absolute Gasteiger partial charge is 0.454 e. The quantitative estimate of drug-likeness (QED) is 0.265. The van der Waals surface area contributed by atoms with Gasteiger partial charge in [-0.2, -0.15) is 8.78 Å². The zero-order chi connectivity index (χ0) is 21.7. The molecule has 0 saturated carbocycles. The summed E-state index contributed by atoms with van der Waals surface area (Å²) in [4.78, 5) is 4.06. The second-order valence-corrected chi connectivity index (χ2v) is 7.72. The summed E-state index contributed by atoms with van der Waals surface area (Å²) in [5, 5.41) is 11.1. The van der Waals surface area contributed by atoms with Crippen molar-refractivity contribution >= 4 is 40.0 Å². The van der Waals surface area contributed by atoms with Gasteiger partial charge in [-0.25, -0.2) is 13.6 Å². The van der Waals surface area contributed by atoms with E-state index in [1.165, 1.54) is 25.2 Å². The minimum absolute atomic E-state index is 0. The average molecular weight is 570 g/mol. The Labute approximate surface area is 195 Å². The van der Waals surface area contributed by atoms with Gasteiger partial charge < -0.3 is 24.8 Å². The van der Waals surface area contributed by atoms with E-state index in [1.54, 1.807) is 18.2 Å². The van der Waals surface area contributed by atoms with Crippen molar-refractivity contribution in [2.45, 2.75) is 24.6 Å². The van der Waals surface area contributed by atoms with Crippen molar-refractivity contribution in [3.8, 4) is 17.2 Å². The lowest BCUT2D eigenvalue weighted by Gasteiger charge is -2.15. The molecule has 2 aromatic rings. The van der Waals surface area contributed by atoms with E-state index < -0.39 is 16.6 Å². The third kappa shape index (κ3) is 6.80.